The Labute approximate surface area is 105 Å². The van der Waals surface area contributed by atoms with Gasteiger partial charge in [-0.15, -0.1) is 0 Å². The molecule has 2 rings (SSSR count). The van der Waals surface area contributed by atoms with E-state index >= 15 is 0 Å². The maximum atomic E-state index is 6.01. The molecule has 3 nitrogen and oxygen atoms in total. The van der Waals surface area contributed by atoms with Crippen LogP contribution in [0.15, 0.2) is 0 Å². The molecule has 0 radical (unpaired) electrons. The highest BCUT2D eigenvalue weighted by Crippen LogP contribution is 2.49. The van der Waals surface area contributed by atoms with Crippen LogP contribution in [0.4, 0.5) is 0 Å². The summed E-state index contributed by atoms with van der Waals surface area (Å²) in [7, 11) is 2.05. The Morgan fingerprint density at radius 2 is 2.18 bits per heavy atom. The number of hydrogen-bond donors (Lipinski definition) is 1. The van der Waals surface area contributed by atoms with Crippen LogP contribution in [-0.4, -0.2) is 39.5 Å². The Bertz CT molecular complexity index is 230. The minimum atomic E-state index is 0.337. The van der Waals surface area contributed by atoms with Gasteiger partial charge in [0.1, 0.15) is 0 Å². The van der Waals surface area contributed by atoms with Gasteiger partial charge in [0.05, 0.1) is 6.10 Å². The highest BCUT2D eigenvalue weighted by Gasteiger charge is 2.50. The summed E-state index contributed by atoms with van der Waals surface area (Å²) in [5.41, 5.74) is 0.337. The normalized spacial score (nSPS) is 33.2. The molecule has 1 heterocycles. The van der Waals surface area contributed by atoms with E-state index in [1.807, 2.05) is 0 Å². The van der Waals surface area contributed by atoms with Crippen molar-refractivity contribution in [3.05, 3.63) is 0 Å². The summed E-state index contributed by atoms with van der Waals surface area (Å²) in [4.78, 5) is 0. The topological polar surface area (TPSA) is 30.5 Å². The lowest BCUT2D eigenvalue weighted by molar-refractivity contribution is 0.00949. The number of hydrogen-bond acceptors (Lipinski definition) is 3. The lowest BCUT2D eigenvalue weighted by Crippen LogP contribution is -2.41. The van der Waals surface area contributed by atoms with Crippen molar-refractivity contribution in [1.29, 1.82) is 0 Å². The first-order chi connectivity index (χ1) is 8.32. The van der Waals surface area contributed by atoms with Crippen LogP contribution in [0.1, 0.15) is 39.0 Å². The van der Waals surface area contributed by atoms with E-state index < -0.39 is 0 Å². The SMILES string of the molecule is CCCOCCC1(CNC)CCOC1C1CC1. The number of ether oxygens (including phenoxy) is 2. The third kappa shape index (κ3) is 3.21. The fourth-order valence-electron chi connectivity index (χ4n) is 3.16. The molecule has 1 saturated heterocycles. The van der Waals surface area contributed by atoms with Gasteiger partial charge in [-0.1, -0.05) is 6.92 Å². The van der Waals surface area contributed by atoms with Crippen LogP contribution in [0, 0.1) is 11.3 Å². The van der Waals surface area contributed by atoms with Gasteiger partial charge < -0.3 is 14.8 Å². The van der Waals surface area contributed by atoms with Crippen LogP contribution in [0.25, 0.3) is 0 Å². The van der Waals surface area contributed by atoms with Gasteiger partial charge >= 0.3 is 0 Å². The second-order valence-electron chi connectivity index (χ2n) is 5.63. The van der Waals surface area contributed by atoms with Gasteiger partial charge in [0.15, 0.2) is 0 Å². The van der Waals surface area contributed by atoms with Crippen LogP contribution in [0.2, 0.25) is 0 Å². The molecule has 0 aromatic rings. The lowest BCUT2D eigenvalue weighted by Gasteiger charge is -2.34. The van der Waals surface area contributed by atoms with Gasteiger partial charge in [0, 0.05) is 31.8 Å². The van der Waals surface area contributed by atoms with Crippen molar-refractivity contribution in [2.24, 2.45) is 11.3 Å². The molecule has 0 aromatic carbocycles. The molecular weight excluding hydrogens is 214 g/mol. The summed E-state index contributed by atoms with van der Waals surface area (Å²) in [5, 5.41) is 3.37. The Kier molecular flexibility index (Phi) is 4.83. The van der Waals surface area contributed by atoms with Crippen molar-refractivity contribution < 1.29 is 9.47 Å². The van der Waals surface area contributed by atoms with Crippen LogP contribution in [0.3, 0.4) is 0 Å². The Morgan fingerprint density at radius 3 is 2.82 bits per heavy atom. The molecule has 2 unspecified atom stereocenters. The second kappa shape index (κ2) is 6.17. The van der Waals surface area contributed by atoms with Gasteiger partial charge in [-0.05, 0) is 45.1 Å². The van der Waals surface area contributed by atoms with Crippen molar-refractivity contribution in [3.63, 3.8) is 0 Å². The van der Waals surface area contributed by atoms with Crippen molar-refractivity contribution in [1.82, 2.24) is 5.32 Å². The number of nitrogens with one attached hydrogen (secondary N) is 1. The molecule has 1 aliphatic carbocycles. The Balaban J connectivity index is 1.88. The highest BCUT2D eigenvalue weighted by atomic mass is 16.5. The van der Waals surface area contributed by atoms with Crippen LogP contribution in [-0.2, 0) is 9.47 Å². The first-order valence-electron chi connectivity index (χ1n) is 7.16. The Morgan fingerprint density at radius 1 is 1.35 bits per heavy atom. The highest BCUT2D eigenvalue weighted by molar-refractivity contribution is 5.00. The van der Waals surface area contributed by atoms with Gasteiger partial charge in [0.2, 0.25) is 0 Å². The largest absolute Gasteiger partial charge is 0.381 e. The monoisotopic (exact) mass is 241 g/mol. The standard InChI is InChI=1S/C14H27NO2/c1-3-8-16-9-6-14(11-15-2)7-10-17-13(14)12-4-5-12/h12-13,15H,3-11H2,1-2H3. The zero-order valence-corrected chi connectivity index (χ0v) is 11.3. The molecule has 2 fully saturated rings. The minimum Gasteiger partial charge on any atom is -0.381 e. The maximum absolute atomic E-state index is 6.01. The number of rotatable bonds is 8. The van der Waals surface area contributed by atoms with E-state index in [0.29, 0.717) is 11.5 Å². The van der Waals surface area contributed by atoms with Crippen LogP contribution >= 0.6 is 0 Å². The molecule has 0 spiro atoms. The summed E-state index contributed by atoms with van der Waals surface area (Å²) in [6.07, 6.45) is 6.68. The first kappa shape index (κ1) is 13.3. The molecule has 17 heavy (non-hydrogen) atoms. The summed E-state index contributed by atoms with van der Waals surface area (Å²) < 4.78 is 11.7. The molecule has 3 heteroatoms. The summed E-state index contributed by atoms with van der Waals surface area (Å²) >= 11 is 0. The van der Waals surface area contributed by atoms with E-state index in [4.69, 9.17) is 9.47 Å². The van der Waals surface area contributed by atoms with E-state index in [-0.39, 0.29) is 0 Å². The molecule has 100 valence electrons. The van der Waals surface area contributed by atoms with Crippen molar-refractivity contribution in [2.45, 2.75) is 45.1 Å². The van der Waals surface area contributed by atoms with E-state index in [9.17, 15) is 0 Å². The van der Waals surface area contributed by atoms with Crippen LogP contribution < -0.4 is 5.32 Å². The van der Waals surface area contributed by atoms with E-state index in [0.717, 1.165) is 45.1 Å². The first-order valence-corrected chi connectivity index (χ1v) is 7.16. The predicted molar refractivity (Wildman–Crippen MR) is 69.2 cm³/mol. The quantitative estimate of drug-likeness (QED) is 0.661. The van der Waals surface area contributed by atoms with Crippen LogP contribution in [0.5, 0.6) is 0 Å². The van der Waals surface area contributed by atoms with E-state index in [2.05, 4.69) is 19.3 Å². The third-order valence-electron chi connectivity index (χ3n) is 4.17. The van der Waals surface area contributed by atoms with Gasteiger partial charge in [-0.25, -0.2) is 0 Å². The third-order valence-corrected chi connectivity index (χ3v) is 4.17. The maximum Gasteiger partial charge on any atom is 0.0673 e. The molecule has 2 aliphatic rings. The van der Waals surface area contributed by atoms with Gasteiger partial charge in [-0.2, -0.15) is 0 Å². The predicted octanol–water partition coefficient (Wildman–Crippen LogP) is 2.21. The van der Waals surface area contributed by atoms with Crippen molar-refractivity contribution in [2.75, 3.05) is 33.4 Å². The van der Waals surface area contributed by atoms with Crippen molar-refractivity contribution in [3.8, 4) is 0 Å². The average molecular weight is 241 g/mol. The molecule has 0 amide bonds. The summed E-state index contributed by atoms with van der Waals surface area (Å²) in [6.45, 7) is 5.96. The molecule has 1 saturated carbocycles. The lowest BCUT2D eigenvalue weighted by atomic mass is 9.76. The fourth-order valence-corrected chi connectivity index (χ4v) is 3.16. The smallest absolute Gasteiger partial charge is 0.0673 e. The Hall–Kier alpha value is -0.120. The molecule has 0 bridgehead atoms. The van der Waals surface area contributed by atoms with Crippen molar-refractivity contribution >= 4 is 0 Å². The average Bonchev–Trinajstić information content (AvgIpc) is 3.09. The van der Waals surface area contributed by atoms with E-state index in [1.54, 1.807) is 0 Å². The van der Waals surface area contributed by atoms with E-state index in [1.165, 1.54) is 19.3 Å². The fraction of sp³-hybridized carbons (Fsp3) is 1.00. The van der Waals surface area contributed by atoms with Gasteiger partial charge in [-0.3, -0.25) is 0 Å². The zero-order valence-electron chi connectivity index (χ0n) is 11.3. The zero-order chi connectivity index (χ0) is 12.1. The molecule has 1 aliphatic heterocycles. The second-order valence-corrected chi connectivity index (χ2v) is 5.63. The molecule has 1 N–H and O–H groups in total. The minimum absolute atomic E-state index is 0.337. The van der Waals surface area contributed by atoms with Gasteiger partial charge in [0.25, 0.3) is 0 Å². The molecular formula is C14H27NO2. The molecule has 2 atom stereocenters. The molecule has 0 aromatic heterocycles. The summed E-state index contributed by atoms with van der Waals surface area (Å²) in [6, 6.07) is 0. The summed E-state index contributed by atoms with van der Waals surface area (Å²) in [5.74, 6) is 0.831.